The summed E-state index contributed by atoms with van der Waals surface area (Å²) in [7, 11) is 0. The van der Waals surface area contributed by atoms with Crippen molar-refractivity contribution in [3.8, 4) is 5.88 Å². The van der Waals surface area contributed by atoms with Crippen LogP contribution in [0.25, 0.3) is 0 Å². The maximum atomic E-state index is 5.33. The van der Waals surface area contributed by atoms with Gasteiger partial charge < -0.3 is 10.1 Å². The zero-order valence-corrected chi connectivity index (χ0v) is 10.6. The summed E-state index contributed by atoms with van der Waals surface area (Å²) in [5, 5.41) is 3.39. The van der Waals surface area contributed by atoms with Crippen LogP contribution in [0.4, 0.5) is 5.82 Å². The first-order valence-electron chi connectivity index (χ1n) is 5.80. The molecule has 1 aromatic rings. The van der Waals surface area contributed by atoms with Gasteiger partial charge in [0.25, 0.3) is 0 Å². The van der Waals surface area contributed by atoms with Crippen molar-refractivity contribution in [1.82, 2.24) is 9.97 Å². The fraction of sp³-hybridized carbons (Fsp3) is 0.667. The summed E-state index contributed by atoms with van der Waals surface area (Å²) in [5.41, 5.74) is 0.0482. The number of nitrogens with zero attached hydrogens (tertiary/aromatic N) is 2. The highest BCUT2D eigenvalue weighted by Gasteiger charge is 2.16. The van der Waals surface area contributed by atoms with Crippen LogP contribution in [0.5, 0.6) is 5.88 Å². The van der Waals surface area contributed by atoms with Crippen molar-refractivity contribution in [2.24, 2.45) is 0 Å². The molecule has 0 saturated heterocycles. The van der Waals surface area contributed by atoms with E-state index in [1.807, 2.05) is 13.0 Å². The summed E-state index contributed by atoms with van der Waals surface area (Å²) in [6.07, 6.45) is 3.76. The lowest BCUT2D eigenvalue weighted by Gasteiger charge is -2.26. The monoisotopic (exact) mass is 223 g/mol. The van der Waals surface area contributed by atoms with Crippen molar-refractivity contribution in [2.75, 3.05) is 11.9 Å². The Morgan fingerprint density at radius 1 is 1.31 bits per heavy atom. The third-order valence-corrected chi connectivity index (χ3v) is 2.28. The molecular weight excluding hydrogens is 202 g/mol. The Kier molecular flexibility index (Phi) is 4.52. The predicted octanol–water partition coefficient (Wildman–Crippen LogP) is 2.87. The number of rotatable bonds is 6. The van der Waals surface area contributed by atoms with E-state index in [1.54, 1.807) is 0 Å². The molecule has 1 aromatic heterocycles. The minimum Gasteiger partial charge on any atom is -0.478 e. The summed E-state index contributed by atoms with van der Waals surface area (Å²) >= 11 is 0. The predicted molar refractivity (Wildman–Crippen MR) is 65.8 cm³/mol. The number of ether oxygens (including phenoxy) is 1. The molecule has 0 unspecified atom stereocenters. The molecule has 90 valence electrons. The molecule has 0 saturated carbocycles. The molecule has 16 heavy (non-hydrogen) atoms. The van der Waals surface area contributed by atoms with Crippen LogP contribution in [-0.2, 0) is 0 Å². The van der Waals surface area contributed by atoms with E-state index in [4.69, 9.17) is 4.74 Å². The molecule has 0 fully saturated rings. The van der Waals surface area contributed by atoms with Crippen molar-refractivity contribution in [2.45, 2.75) is 46.1 Å². The first kappa shape index (κ1) is 12.7. The third-order valence-electron chi connectivity index (χ3n) is 2.28. The van der Waals surface area contributed by atoms with E-state index in [1.165, 1.54) is 6.33 Å². The van der Waals surface area contributed by atoms with E-state index in [0.717, 1.165) is 18.7 Å². The van der Waals surface area contributed by atoms with Crippen LogP contribution in [0.15, 0.2) is 12.4 Å². The molecule has 1 rings (SSSR count). The van der Waals surface area contributed by atoms with Crippen molar-refractivity contribution in [3.05, 3.63) is 12.4 Å². The fourth-order valence-corrected chi connectivity index (χ4v) is 1.67. The second kappa shape index (κ2) is 5.68. The molecule has 0 aromatic carbocycles. The van der Waals surface area contributed by atoms with Gasteiger partial charge in [0.1, 0.15) is 12.1 Å². The van der Waals surface area contributed by atoms with Gasteiger partial charge in [-0.05, 0) is 27.2 Å². The van der Waals surface area contributed by atoms with Gasteiger partial charge in [-0.15, -0.1) is 0 Å². The van der Waals surface area contributed by atoms with Crippen LogP contribution in [0.1, 0.15) is 40.5 Å². The summed E-state index contributed by atoms with van der Waals surface area (Å²) < 4.78 is 5.33. The van der Waals surface area contributed by atoms with Gasteiger partial charge in [0.2, 0.25) is 5.88 Å². The Labute approximate surface area is 97.5 Å². The topological polar surface area (TPSA) is 47.0 Å². The molecule has 0 amide bonds. The largest absolute Gasteiger partial charge is 0.478 e. The number of anilines is 1. The lowest BCUT2D eigenvalue weighted by molar-refractivity contribution is 0.326. The van der Waals surface area contributed by atoms with Crippen molar-refractivity contribution >= 4 is 5.82 Å². The maximum absolute atomic E-state index is 5.33. The zero-order valence-electron chi connectivity index (χ0n) is 10.6. The van der Waals surface area contributed by atoms with Gasteiger partial charge in [-0.2, -0.15) is 0 Å². The Morgan fingerprint density at radius 2 is 2.06 bits per heavy atom. The maximum Gasteiger partial charge on any atom is 0.218 e. The van der Waals surface area contributed by atoms with Crippen LogP contribution in [0.2, 0.25) is 0 Å². The van der Waals surface area contributed by atoms with Crippen LogP contribution in [0, 0.1) is 0 Å². The number of hydrogen-bond acceptors (Lipinski definition) is 4. The molecule has 0 aliphatic heterocycles. The molecule has 1 heterocycles. The van der Waals surface area contributed by atoms with Gasteiger partial charge in [-0.3, -0.25) is 0 Å². The molecule has 0 bridgehead atoms. The molecule has 0 spiro atoms. The fourth-order valence-electron chi connectivity index (χ4n) is 1.67. The molecule has 0 atom stereocenters. The first-order chi connectivity index (χ1) is 7.57. The highest BCUT2D eigenvalue weighted by atomic mass is 16.5. The zero-order chi connectivity index (χ0) is 12.0. The van der Waals surface area contributed by atoms with Gasteiger partial charge >= 0.3 is 0 Å². The van der Waals surface area contributed by atoms with Gasteiger partial charge in [0.05, 0.1) is 6.61 Å². The van der Waals surface area contributed by atoms with E-state index < -0.39 is 0 Å². The standard InChI is InChI=1S/C12H21N3O/c1-5-7-12(3,4)15-10-8-11(16-6-2)14-9-13-10/h8-9H,5-7H2,1-4H3,(H,13,14,15). The van der Waals surface area contributed by atoms with E-state index in [9.17, 15) is 0 Å². The average molecular weight is 223 g/mol. The molecule has 4 nitrogen and oxygen atoms in total. The molecule has 0 aliphatic carbocycles. The number of nitrogens with one attached hydrogen (secondary N) is 1. The molecule has 0 aliphatic rings. The Bertz CT molecular complexity index is 326. The summed E-state index contributed by atoms with van der Waals surface area (Å²) in [5.74, 6) is 1.43. The average Bonchev–Trinajstić information content (AvgIpc) is 2.17. The first-order valence-corrected chi connectivity index (χ1v) is 5.80. The van der Waals surface area contributed by atoms with E-state index in [-0.39, 0.29) is 5.54 Å². The Morgan fingerprint density at radius 3 is 2.69 bits per heavy atom. The van der Waals surface area contributed by atoms with Crippen LogP contribution < -0.4 is 10.1 Å². The third kappa shape index (κ3) is 4.04. The number of hydrogen-bond donors (Lipinski definition) is 1. The summed E-state index contributed by atoms with van der Waals surface area (Å²) in [6, 6.07) is 1.83. The quantitative estimate of drug-likeness (QED) is 0.805. The van der Waals surface area contributed by atoms with E-state index in [0.29, 0.717) is 12.5 Å². The van der Waals surface area contributed by atoms with Crippen molar-refractivity contribution < 1.29 is 4.74 Å². The number of aromatic nitrogens is 2. The van der Waals surface area contributed by atoms with Crippen LogP contribution >= 0.6 is 0 Å². The summed E-state index contributed by atoms with van der Waals surface area (Å²) in [4.78, 5) is 8.22. The minimum atomic E-state index is 0.0482. The van der Waals surface area contributed by atoms with Crippen LogP contribution in [0.3, 0.4) is 0 Å². The Hall–Kier alpha value is -1.32. The normalized spacial score (nSPS) is 11.2. The Balaban J connectivity index is 2.69. The van der Waals surface area contributed by atoms with Crippen molar-refractivity contribution in [3.63, 3.8) is 0 Å². The molecule has 1 N–H and O–H groups in total. The SMILES string of the molecule is CCCC(C)(C)Nc1cc(OCC)ncn1. The van der Waals surface area contributed by atoms with E-state index in [2.05, 4.69) is 36.1 Å². The molecule has 0 radical (unpaired) electrons. The van der Waals surface area contributed by atoms with Gasteiger partial charge in [-0.25, -0.2) is 9.97 Å². The second-order valence-corrected chi connectivity index (χ2v) is 4.43. The molecule has 4 heteroatoms. The highest BCUT2D eigenvalue weighted by molar-refractivity contribution is 5.39. The molecular formula is C12H21N3O. The lowest BCUT2D eigenvalue weighted by Crippen LogP contribution is -2.30. The van der Waals surface area contributed by atoms with Gasteiger partial charge in [0, 0.05) is 11.6 Å². The lowest BCUT2D eigenvalue weighted by atomic mass is 9.99. The summed E-state index contributed by atoms with van der Waals surface area (Å²) in [6.45, 7) is 9.07. The van der Waals surface area contributed by atoms with Crippen molar-refractivity contribution in [1.29, 1.82) is 0 Å². The minimum absolute atomic E-state index is 0.0482. The second-order valence-electron chi connectivity index (χ2n) is 4.43. The van der Waals surface area contributed by atoms with Gasteiger partial charge in [0.15, 0.2) is 0 Å². The highest BCUT2D eigenvalue weighted by Crippen LogP contribution is 2.19. The smallest absolute Gasteiger partial charge is 0.218 e. The van der Waals surface area contributed by atoms with Gasteiger partial charge in [-0.1, -0.05) is 13.3 Å². The van der Waals surface area contributed by atoms with Crippen LogP contribution in [-0.4, -0.2) is 22.1 Å². The van der Waals surface area contributed by atoms with E-state index >= 15 is 0 Å².